The highest BCUT2D eigenvalue weighted by Gasteiger charge is 2.13. The second-order valence-corrected chi connectivity index (χ2v) is 4.29. The van der Waals surface area contributed by atoms with Gasteiger partial charge in [0.05, 0.1) is 0 Å². The smallest absolute Gasteiger partial charge is 0.294 e. The van der Waals surface area contributed by atoms with Gasteiger partial charge in [-0.25, -0.2) is 4.98 Å². The minimum absolute atomic E-state index is 0.126. The monoisotopic (exact) mass is 254 g/mol. The quantitative estimate of drug-likeness (QED) is 0.758. The van der Waals surface area contributed by atoms with Gasteiger partial charge in [0, 0.05) is 24.5 Å². The third kappa shape index (κ3) is 1.71. The van der Waals surface area contributed by atoms with E-state index < -0.39 is 0 Å². The highest BCUT2D eigenvalue weighted by molar-refractivity contribution is 5.74. The second-order valence-electron chi connectivity index (χ2n) is 4.29. The molecule has 0 aliphatic carbocycles. The van der Waals surface area contributed by atoms with Gasteiger partial charge in [-0.1, -0.05) is 30.3 Å². The lowest BCUT2D eigenvalue weighted by Gasteiger charge is -2.02. The number of rotatable bonds is 2. The topological polar surface area (TPSA) is 65.3 Å². The molecule has 0 saturated heterocycles. The molecular weight excluding hydrogens is 240 g/mol. The van der Waals surface area contributed by atoms with Crippen molar-refractivity contribution in [3.63, 3.8) is 0 Å². The Morgan fingerprint density at radius 3 is 2.63 bits per heavy atom. The number of nitrogen functional groups attached to an aromatic ring is 1. The van der Waals surface area contributed by atoms with Gasteiger partial charge in [0.2, 0.25) is 5.65 Å². The van der Waals surface area contributed by atoms with E-state index in [0.717, 1.165) is 5.56 Å². The van der Waals surface area contributed by atoms with Crippen LogP contribution < -0.4 is 11.3 Å². The average Bonchev–Trinajstić information content (AvgIpc) is 2.79. The van der Waals surface area contributed by atoms with Gasteiger partial charge >= 0.3 is 0 Å². The minimum atomic E-state index is -0.126. The van der Waals surface area contributed by atoms with Crippen LogP contribution in [0.3, 0.4) is 0 Å². The van der Waals surface area contributed by atoms with E-state index in [4.69, 9.17) is 5.73 Å². The summed E-state index contributed by atoms with van der Waals surface area (Å²) in [5, 5.41) is 0. The Bertz CT molecular complexity index is 786. The zero-order chi connectivity index (χ0) is 13.4. The zero-order valence-electron chi connectivity index (χ0n) is 10.6. The summed E-state index contributed by atoms with van der Waals surface area (Å²) in [7, 11) is 0. The van der Waals surface area contributed by atoms with E-state index in [2.05, 4.69) is 4.98 Å². The molecule has 0 aliphatic rings. The molecule has 5 nitrogen and oxygen atoms in total. The van der Waals surface area contributed by atoms with E-state index in [0.29, 0.717) is 23.7 Å². The van der Waals surface area contributed by atoms with Gasteiger partial charge in [0.1, 0.15) is 11.5 Å². The molecular formula is C14H14N4O. The molecule has 0 unspecified atom stereocenters. The molecule has 0 radical (unpaired) electrons. The lowest BCUT2D eigenvalue weighted by atomic mass is 10.1. The Labute approximate surface area is 109 Å². The van der Waals surface area contributed by atoms with Crippen molar-refractivity contribution in [1.29, 1.82) is 0 Å². The second kappa shape index (κ2) is 4.28. The predicted octanol–water partition coefficient (Wildman–Crippen LogP) is 1.77. The Kier molecular flexibility index (Phi) is 2.59. The Balaban J connectivity index is 2.32. The highest BCUT2D eigenvalue weighted by Crippen LogP contribution is 2.24. The SMILES string of the molecule is CCn1ccn2c(N)c(-c3ccccc3)nc2c1=O. The summed E-state index contributed by atoms with van der Waals surface area (Å²) in [5.74, 6) is 0.488. The largest absolute Gasteiger partial charge is 0.383 e. The molecule has 0 amide bonds. The lowest BCUT2D eigenvalue weighted by Crippen LogP contribution is -2.20. The van der Waals surface area contributed by atoms with Crippen molar-refractivity contribution in [2.45, 2.75) is 13.5 Å². The summed E-state index contributed by atoms with van der Waals surface area (Å²) < 4.78 is 3.24. The fraction of sp³-hybridized carbons (Fsp3) is 0.143. The molecule has 3 aromatic rings. The van der Waals surface area contributed by atoms with Crippen LogP contribution in [0.1, 0.15) is 6.92 Å². The minimum Gasteiger partial charge on any atom is -0.383 e. The maximum absolute atomic E-state index is 12.2. The van der Waals surface area contributed by atoms with Crippen LogP contribution >= 0.6 is 0 Å². The molecule has 1 aromatic carbocycles. The molecule has 2 N–H and O–H groups in total. The highest BCUT2D eigenvalue weighted by atomic mass is 16.1. The third-order valence-corrected chi connectivity index (χ3v) is 3.18. The van der Waals surface area contributed by atoms with Gasteiger partial charge in [-0.3, -0.25) is 9.20 Å². The van der Waals surface area contributed by atoms with Crippen molar-refractivity contribution in [1.82, 2.24) is 14.0 Å². The van der Waals surface area contributed by atoms with Crippen LogP contribution in [0, 0.1) is 0 Å². The van der Waals surface area contributed by atoms with E-state index in [1.165, 1.54) is 0 Å². The van der Waals surface area contributed by atoms with Crippen molar-refractivity contribution >= 4 is 11.5 Å². The number of aryl methyl sites for hydroxylation is 1. The first kappa shape index (κ1) is 11.5. The molecule has 96 valence electrons. The third-order valence-electron chi connectivity index (χ3n) is 3.18. The van der Waals surface area contributed by atoms with Gasteiger partial charge in [-0.05, 0) is 6.92 Å². The summed E-state index contributed by atoms with van der Waals surface area (Å²) in [5.41, 5.74) is 7.87. The Morgan fingerprint density at radius 2 is 1.95 bits per heavy atom. The van der Waals surface area contributed by atoms with Crippen molar-refractivity contribution < 1.29 is 0 Å². The predicted molar refractivity (Wildman–Crippen MR) is 75.0 cm³/mol. The van der Waals surface area contributed by atoms with Gasteiger partial charge in [-0.2, -0.15) is 0 Å². The zero-order valence-corrected chi connectivity index (χ0v) is 10.6. The molecule has 0 fully saturated rings. The number of nitrogens with two attached hydrogens (primary N) is 1. The van der Waals surface area contributed by atoms with E-state index in [9.17, 15) is 4.79 Å². The van der Waals surface area contributed by atoms with Crippen molar-refractivity contribution in [2.24, 2.45) is 0 Å². The molecule has 2 aromatic heterocycles. The van der Waals surface area contributed by atoms with Gasteiger partial charge in [0.25, 0.3) is 5.56 Å². The Morgan fingerprint density at radius 1 is 1.21 bits per heavy atom. The number of hydrogen-bond donors (Lipinski definition) is 1. The first-order valence-electron chi connectivity index (χ1n) is 6.14. The standard InChI is InChI=1S/C14H14N4O/c1-2-17-8-9-18-12(15)11(16-13(18)14(17)19)10-6-4-3-5-7-10/h3-9H,2,15H2,1H3. The molecule has 3 rings (SSSR count). The molecule has 0 spiro atoms. The van der Waals surface area contributed by atoms with Crippen LogP contribution in [0.5, 0.6) is 0 Å². The van der Waals surface area contributed by atoms with Gasteiger partial charge in [0.15, 0.2) is 0 Å². The number of hydrogen-bond acceptors (Lipinski definition) is 3. The molecule has 0 bridgehead atoms. The number of imidazole rings is 1. The number of fused-ring (bicyclic) bond motifs is 1. The normalized spacial score (nSPS) is 11.0. The van der Waals surface area contributed by atoms with E-state index >= 15 is 0 Å². The van der Waals surface area contributed by atoms with Gasteiger partial charge in [-0.15, -0.1) is 0 Å². The summed E-state index contributed by atoms with van der Waals surface area (Å²) in [4.78, 5) is 16.6. The average molecular weight is 254 g/mol. The van der Waals surface area contributed by atoms with Crippen LogP contribution in [0.2, 0.25) is 0 Å². The van der Waals surface area contributed by atoms with E-state index in [-0.39, 0.29) is 5.56 Å². The first-order valence-corrected chi connectivity index (χ1v) is 6.14. The summed E-state index contributed by atoms with van der Waals surface area (Å²) in [6, 6.07) is 9.62. The van der Waals surface area contributed by atoms with Gasteiger partial charge < -0.3 is 10.3 Å². The van der Waals surface area contributed by atoms with Crippen LogP contribution in [0.4, 0.5) is 5.82 Å². The Hall–Kier alpha value is -2.56. The van der Waals surface area contributed by atoms with Crippen LogP contribution in [0.15, 0.2) is 47.5 Å². The number of benzene rings is 1. The molecule has 0 atom stereocenters. The molecule has 0 saturated carbocycles. The molecule has 5 heteroatoms. The number of nitrogens with zero attached hydrogens (tertiary/aromatic N) is 3. The maximum atomic E-state index is 12.2. The number of anilines is 1. The van der Waals surface area contributed by atoms with Crippen LogP contribution in [0.25, 0.3) is 16.9 Å². The summed E-state index contributed by atoms with van der Waals surface area (Å²) in [6.07, 6.45) is 3.50. The van der Waals surface area contributed by atoms with Crippen LogP contribution in [-0.2, 0) is 6.54 Å². The molecule has 2 heterocycles. The molecule has 0 aliphatic heterocycles. The van der Waals surface area contributed by atoms with E-state index in [1.54, 1.807) is 21.4 Å². The fourth-order valence-electron chi connectivity index (χ4n) is 2.15. The first-order chi connectivity index (χ1) is 9.22. The van der Waals surface area contributed by atoms with Crippen LogP contribution in [-0.4, -0.2) is 14.0 Å². The maximum Gasteiger partial charge on any atom is 0.294 e. The summed E-state index contributed by atoms with van der Waals surface area (Å²) >= 11 is 0. The summed E-state index contributed by atoms with van der Waals surface area (Å²) in [6.45, 7) is 2.53. The van der Waals surface area contributed by atoms with Crippen molar-refractivity contribution in [3.05, 3.63) is 53.1 Å². The van der Waals surface area contributed by atoms with Crippen molar-refractivity contribution in [2.75, 3.05) is 5.73 Å². The lowest BCUT2D eigenvalue weighted by molar-refractivity contribution is 0.720. The number of aromatic nitrogens is 3. The van der Waals surface area contributed by atoms with Crippen molar-refractivity contribution in [3.8, 4) is 11.3 Å². The fourth-order valence-corrected chi connectivity index (χ4v) is 2.15. The van der Waals surface area contributed by atoms with E-state index in [1.807, 2.05) is 37.3 Å². The molecule has 19 heavy (non-hydrogen) atoms.